The van der Waals surface area contributed by atoms with Crippen LogP contribution in [0.3, 0.4) is 0 Å². The highest BCUT2D eigenvalue weighted by Crippen LogP contribution is 2.17. The molecule has 0 fully saturated rings. The Hall–Kier alpha value is -1.56. The highest BCUT2D eigenvalue weighted by atomic mass is 32.1. The SMILES string of the molecule is CCNc1nc(Cc2nc(C)cs2)nc(C)c1F. The van der Waals surface area contributed by atoms with Gasteiger partial charge >= 0.3 is 0 Å². The second kappa shape index (κ2) is 5.39. The van der Waals surface area contributed by atoms with E-state index < -0.39 is 0 Å². The predicted molar refractivity (Wildman–Crippen MR) is 70.5 cm³/mol. The Kier molecular flexibility index (Phi) is 3.86. The number of nitrogens with zero attached hydrogens (tertiary/aromatic N) is 3. The summed E-state index contributed by atoms with van der Waals surface area (Å²) in [6.45, 7) is 6.12. The van der Waals surface area contributed by atoms with Crippen LogP contribution in [-0.4, -0.2) is 21.5 Å². The quantitative estimate of drug-likeness (QED) is 0.924. The van der Waals surface area contributed by atoms with Crippen LogP contribution >= 0.6 is 11.3 Å². The molecule has 6 heteroatoms. The number of aromatic nitrogens is 3. The molecule has 2 aromatic rings. The normalized spacial score (nSPS) is 10.7. The molecule has 0 atom stereocenters. The van der Waals surface area contributed by atoms with Gasteiger partial charge in [-0.1, -0.05) is 0 Å². The Morgan fingerprint density at radius 2 is 2.06 bits per heavy atom. The molecule has 2 aromatic heterocycles. The summed E-state index contributed by atoms with van der Waals surface area (Å²) >= 11 is 1.57. The lowest BCUT2D eigenvalue weighted by molar-refractivity contribution is 0.601. The standard InChI is InChI=1S/C12H15FN4S/c1-4-14-12-11(13)8(3)16-9(17-12)5-10-15-7(2)6-18-10/h6H,4-5H2,1-3H3,(H,14,16,17). The van der Waals surface area contributed by atoms with E-state index in [1.54, 1.807) is 18.3 Å². The zero-order valence-electron chi connectivity index (χ0n) is 10.6. The molecule has 0 aromatic carbocycles. The minimum atomic E-state index is -0.379. The lowest BCUT2D eigenvalue weighted by atomic mass is 10.3. The molecule has 0 amide bonds. The average molecular weight is 266 g/mol. The number of anilines is 1. The molecule has 0 saturated carbocycles. The molecular formula is C12H15FN4S. The maximum Gasteiger partial charge on any atom is 0.186 e. The van der Waals surface area contributed by atoms with Crippen LogP contribution in [-0.2, 0) is 6.42 Å². The van der Waals surface area contributed by atoms with Crippen LogP contribution in [0.4, 0.5) is 10.2 Å². The molecule has 0 aliphatic rings. The predicted octanol–water partition coefficient (Wildman–Crippen LogP) is 2.71. The van der Waals surface area contributed by atoms with Crippen LogP contribution in [0.25, 0.3) is 0 Å². The third kappa shape index (κ3) is 2.81. The van der Waals surface area contributed by atoms with Crippen LogP contribution in [0, 0.1) is 19.7 Å². The van der Waals surface area contributed by atoms with Crippen LogP contribution in [0.2, 0.25) is 0 Å². The molecule has 0 bridgehead atoms. The van der Waals surface area contributed by atoms with Crippen molar-refractivity contribution in [3.8, 4) is 0 Å². The number of rotatable bonds is 4. The van der Waals surface area contributed by atoms with Crippen molar-refractivity contribution in [3.63, 3.8) is 0 Å². The third-order valence-corrected chi connectivity index (χ3v) is 3.35. The van der Waals surface area contributed by atoms with Crippen molar-refractivity contribution in [1.82, 2.24) is 15.0 Å². The first-order valence-corrected chi connectivity index (χ1v) is 6.66. The number of hydrogen-bond donors (Lipinski definition) is 1. The fraction of sp³-hybridized carbons (Fsp3) is 0.417. The second-order valence-corrected chi connectivity index (χ2v) is 4.92. The molecule has 2 rings (SSSR count). The summed E-state index contributed by atoms with van der Waals surface area (Å²) in [6.07, 6.45) is 0.540. The van der Waals surface area contributed by atoms with Gasteiger partial charge in [-0.2, -0.15) is 0 Å². The van der Waals surface area contributed by atoms with Gasteiger partial charge in [-0.25, -0.2) is 19.3 Å². The van der Waals surface area contributed by atoms with Gasteiger partial charge in [-0.15, -0.1) is 11.3 Å². The van der Waals surface area contributed by atoms with E-state index in [4.69, 9.17) is 0 Å². The number of hydrogen-bond acceptors (Lipinski definition) is 5. The minimum Gasteiger partial charge on any atom is -0.368 e. The van der Waals surface area contributed by atoms with Crippen molar-refractivity contribution in [3.05, 3.63) is 33.4 Å². The summed E-state index contributed by atoms with van der Waals surface area (Å²) in [5.41, 5.74) is 1.35. The van der Waals surface area contributed by atoms with E-state index in [2.05, 4.69) is 20.3 Å². The van der Waals surface area contributed by atoms with Gasteiger partial charge in [-0.05, 0) is 20.8 Å². The Balaban J connectivity index is 2.28. The summed E-state index contributed by atoms with van der Waals surface area (Å²) in [5, 5.41) is 5.83. The monoisotopic (exact) mass is 266 g/mol. The molecule has 0 aliphatic carbocycles. The molecule has 0 spiro atoms. The molecule has 4 nitrogen and oxygen atoms in total. The Morgan fingerprint density at radius 3 is 2.67 bits per heavy atom. The Bertz CT molecular complexity index is 553. The molecule has 18 heavy (non-hydrogen) atoms. The van der Waals surface area contributed by atoms with E-state index >= 15 is 0 Å². The van der Waals surface area contributed by atoms with Crippen molar-refractivity contribution in [2.75, 3.05) is 11.9 Å². The summed E-state index contributed by atoms with van der Waals surface area (Å²) in [4.78, 5) is 12.7. The van der Waals surface area contributed by atoms with E-state index in [1.807, 2.05) is 19.2 Å². The van der Waals surface area contributed by atoms with E-state index in [0.717, 1.165) is 10.7 Å². The highest BCUT2D eigenvalue weighted by Gasteiger charge is 2.12. The van der Waals surface area contributed by atoms with Crippen molar-refractivity contribution < 1.29 is 4.39 Å². The molecule has 96 valence electrons. The zero-order chi connectivity index (χ0) is 13.1. The van der Waals surface area contributed by atoms with E-state index in [1.165, 1.54) is 0 Å². The number of aryl methyl sites for hydroxylation is 2. The first kappa shape index (κ1) is 12.9. The first-order valence-electron chi connectivity index (χ1n) is 5.78. The van der Waals surface area contributed by atoms with Crippen molar-refractivity contribution >= 4 is 17.2 Å². The summed E-state index contributed by atoms with van der Waals surface area (Å²) < 4.78 is 13.7. The average Bonchev–Trinajstić information content (AvgIpc) is 2.71. The second-order valence-electron chi connectivity index (χ2n) is 3.98. The van der Waals surface area contributed by atoms with Gasteiger partial charge in [0.15, 0.2) is 11.6 Å². The lowest BCUT2D eigenvalue weighted by Gasteiger charge is -2.07. The number of thiazole rings is 1. The number of nitrogens with one attached hydrogen (secondary N) is 1. The van der Waals surface area contributed by atoms with Crippen LogP contribution in [0.5, 0.6) is 0 Å². The maximum atomic E-state index is 13.7. The maximum absolute atomic E-state index is 13.7. The molecule has 0 radical (unpaired) electrons. The smallest absolute Gasteiger partial charge is 0.186 e. The molecular weight excluding hydrogens is 251 g/mol. The van der Waals surface area contributed by atoms with E-state index in [-0.39, 0.29) is 11.6 Å². The minimum absolute atomic E-state index is 0.272. The Morgan fingerprint density at radius 1 is 1.28 bits per heavy atom. The van der Waals surface area contributed by atoms with Gasteiger partial charge in [0, 0.05) is 17.6 Å². The van der Waals surface area contributed by atoms with Crippen molar-refractivity contribution in [1.29, 1.82) is 0 Å². The molecule has 0 aliphatic heterocycles. The topological polar surface area (TPSA) is 50.7 Å². The molecule has 1 N–H and O–H groups in total. The first-order chi connectivity index (χ1) is 8.60. The molecule has 0 unspecified atom stereocenters. The van der Waals surface area contributed by atoms with Crippen LogP contribution < -0.4 is 5.32 Å². The van der Waals surface area contributed by atoms with E-state index in [0.29, 0.717) is 24.5 Å². The van der Waals surface area contributed by atoms with Gasteiger partial charge in [-0.3, -0.25) is 0 Å². The summed E-state index contributed by atoms with van der Waals surface area (Å²) in [5.74, 6) is 0.489. The fourth-order valence-corrected chi connectivity index (χ4v) is 2.37. The van der Waals surface area contributed by atoms with Crippen molar-refractivity contribution in [2.45, 2.75) is 27.2 Å². The zero-order valence-corrected chi connectivity index (χ0v) is 11.4. The summed E-state index contributed by atoms with van der Waals surface area (Å²) in [7, 11) is 0. The van der Waals surface area contributed by atoms with Gasteiger partial charge in [0.25, 0.3) is 0 Å². The third-order valence-electron chi connectivity index (χ3n) is 2.38. The van der Waals surface area contributed by atoms with Gasteiger partial charge in [0.05, 0.1) is 12.1 Å². The highest BCUT2D eigenvalue weighted by molar-refractivity contribution is 7.09. The van der Waals surface area contributed by atoms with E-state index in [9.17, 15) is 4.39 Å². The summed E-state index contributed by atoms with van der Waals surface area (Å²) in [6, 6.07) is 0. The molecule has 2 heterocycles. The number of halogens is 1. The van der Waals surface area contributed by atoms with Crippen LogP contribution in [0.15, 0.2) is 5.38 Å². The van der Waals surface area contributed by atoms with Gasteiger partial charge in [0.1, 0.15) is 10.8 Å². The lowest BCUT2D eigenvalue weighted by Crippen LogP contribution is -2.09. The fourth-order valence-electron chi connectivity index (χ4n) is 1.60. The van der Waals surface area contributed by atoms with Crippen LogP contribution in [0.1, 0.15) is 29.1 Å². The van der Waals surface area contributed by atoms with Gasteiger partial charge in [0.2, 0.25) is 0 Å². The Labute approximate surface area is 109 Å². The molecule has 0 saturated heterocycles. The largest absolute Gasteiger partial charge is 0.368 e. The van der Waals surface area contributed by atoms with Crippen molar-refractivity contribution in [2.24, 2.45) is 0 Å². The van der Waals surface area contributed by atoms with Gasteiger partial charge < -0.3 is 5.32 Å².